The first kappa shape index (κ1) is 13.0. The third kappa shape index (κ3) is 2.26. The van der Waals surface area contributed by atoms with Gasteiger partial charge in [0.05, 0.1) is 24.1 Å². The van der Waals surface area contributed by atoms with E-state index in [1.165, 1.54) is 11.3 Å². The number of carboxylic acids is 1. The molecular formula is C12H15NO4S. The van der Waals surface area contributed by atoms with E-state index < -0.39 is 17.4 Å². The molecule has 0 aromatic carbocycles. The van der Waals surface area contributed by atoms with E-state index in [2.05, 4.69) is 5.32 Å². The highest BCUT2D eigenvalue weighted by Crippen LogP contribution is 2.29. The number of aliphatic carboxylic acids is 1. The van der Waals surface area contributed by atoms with Crippen molar-refractivity contribution in [2.75, 3.05) is 13.2 Å². The van der Waals surface area contributed by atoms with E-state index in [0.717, 1.165) is 4.88 Å². The molecule has 0 aliphatic carbocycles. The Labute approximate surface area is 109 Å². The third-order valence-corrected chi connectivity index (χ3v) is 4.21. The molecule has 5 nitrogen and oxygen atoms in total. The Kier molecular flexibility index (Phi) is 3.41. The van der Waals surface area contributed by atoms with E-state index in [4.69, 9.17) is 4.74 Å². The first-order valence-corrected chi connectivity index (χ1v) is 6.43. The maximum absolute atomic E-state index is 12.0. The van der Waals surface area contributed by atoms with Crippen LogP contribution in [-0.2, 0) is 9.53 Å². The van der Waals surface area contributed by atoms with E-state index >= 15 is 0 Å². The molecule has 2 N–H and O–H groups in total. The predicted octanol–water partition coefficient (Wildman–Crippen LogP) is 1.28. The van der Waals surface area contributed by atoms with E-state index in [-0.39, 0.29) is 19.1 Å². The van der Waals surface area contributed by atoms with Crippen LogP contribution in [0.15, 0.2) is 12.1 Å². The lowest BCUT2D eigenvalue weighted by molar-refractivity contribution is -0.148. The molecule has 1 amide bonds. The predicted molar refractivity (Wildman–Crippen MR) is 66.9 cm³/mol. The Hall–Kier alpha value is -1.40. The van der Waals surface area contributed by atoms with Crippen molar-refractivity contribution in [2.24, 2.45) is 5.41 Å². The Morgan fingerprint density at radius 2 is 2.28 bits per heavy atom. The second kappa shape index (κ2) is 4.70. The monoisotopic (exact) mass is 269 g/mol. The summed E-state index contributed by atoms with van der Waals surface area (Å²) >= 11 is 1.39. The van der Waals surface area contributed by atoms with E-state index in [1.54, 1.807) is 13.0 Å². The van der Waals surface area contributed by atoms with Crippen molar-refractivity contribution in [3.05, 3.63) is 21.9 Å². The van der Waals surface area contributed by atoms with Crippen LogP contribution in [0.5, 0.6) is 0 Å². The summed E-state index contributed by atoms with van der Waals surface area (Å²) in [6.07, 6.45) is 0. The fraction of sp³-hybridized carbons (Fsp3) is 0.500. The molecule has 0 radical (unpaired) electrons. The number of ether oxygens (including phenoxy) is 1. The Bertz CT molecular complexity index is 484. The summed E-state index contributed by atoms with van der Waals surface area (Å²) in [5, 5.41) is 11.9. The van der Waals surface area contributed by atoms with Gasteiger partial charge in [-0.1, -0.05) is 0 Å². The zero-order valence-corrected chi connectivity index (χ0v) is 11.0. The van der Waals surface area contributed by atoms with E-state index in [1.807, 2.05) is 13.0 Å². The van der Waals surface area contributed by atoms with Crippen molar-refractivity contribution < 1.29 is 19.4 Å². The first-order valence-electron chi connectivity index (χ1n) is 5.62. The highest BCUT2D eigenvalue weighted by molar-refractivity contribution is 7.13. The summed E-state index contributed by atoms with van der Waals surface area (Å²) in [5.74, 6) is -1.19. The molecule has 1 aromatic rings. The van der Waals surface area contributed by atoms with Crippen LogP contribution in [0.3, 0.4) is 0 Å². The van der Waals surface area contributed by atoms with Gasteiger partial charge in [0.25, 0.3) is 5.91 Å². The van der Waals surface area contributed by atoms with Crippen molar-refractivity contribution in [3.63, 3.8) is 0 Å². The number of carbonyl (C=O) groups excluding carboxylic acids is 1. The molecule has 1 aliphatic heterocycles. The molecular weight excluding hydrogens is 254 g/mol. The highest BCUT2D eigenvalue weighted by atomic mass is 32.1. The topological polar surface area (TPSA) is 75.6 Å². The zero-order valence-electron chi connectivity index (χ0n) is 10.2. The number of nitrogens with one attached hydrogen (secondary N) is 1. The van der Waals surface area contributed by atoms with Gasteiger partial charge in [0, 0.05) is 4.88 Å². The maximum Gasteiger partial charge on any atom is 0.313 e. The van der Waals surface area contributed by atoms with Crippen molar-refractivity contribution >= 4 is 23.2 Å². The van der Waals surface area contributed by atoms with Crippen LogP contribution >= 0.6 is 11.3 Å². The van der Waals surface area contributed by atoms with Crippen LogP contribution in [0.4, 0.5) is 0 Å². The van der Waals surface area contributed by atoms with Gasteiger partial charge >= 0.3 is 5.97 Å². The highest BCUT2D eigenvalue weighted by Gasteiger charge is 2.47. The molecule has 6 heteroatoms. The molecule has 2 heterocycles. The van der Waals surface area contributed by atoms with Gasteiger partial charge in [-0.3, -0.25) is 9.59 Å². The van der Waals surface area contributed by atoms with E-state index in [0.29, 0.717) is 4.88 Å². The average molecular weight is 269 g/mol. The molecule has 0 saturated carbocycles. The molecule has 1 saturated heterocycles. The minimum Gasteiger partial charge on any atom is -0.481 e. The molecule has 1 aromatic heterocycles. The van der Waals surface area contributed by atoms with Crippen LogP contribution in [0.25, 0.3) is 0 Å². The average Bonchev–Trinajstić information content (AvgIpc) is 2.87. The van der Waals surface area contributed by atoms with E-state index in [9.17, 15) is 14.7 Å². The summed E-state index contributed by atoms with van der Waals surface area (Å²) in [5.41, 5.74) is -1.05. The SMILES string of the molecule is Cc1ccc(C(=O)NC2COCC2(C)C(=O)O)s1. The van der Waals surface area contributed by atoms with Gasteiger partial charge in [0.15, 0.2) is 0 Å². The minimum atomic E-state index is -1.05. The van der Waals surface area contributed by atoms with Gasteiger partial charge in [0.2, 0.25) is 0 Å². The van der Waals surface area contributed by atoms with Gasteiger partial charge in [0.1, 0.15) is 5.41 Å². The number of carboxylic acid groups (broad SMARTS) is 1. The Balaban J connectivity index is 2.10. The smallest absolute Gasteiger partial charge is 0.313 e. The first-order chi connectivity index (χ1) is 8.43. The van der Waals surface area contributed by atoms with Crippen LogP contribution in [0.1, 0.15) is 21.5 Å². The normalized spacial score (nSPS) is 27.1. The summed E-state index contributed by atoms with van der Waals surface area (Å²) in [7, 11) is 0. The van der Waals surface area contributed by atoms with Crippen LogP contribution in [0.2, 0.25) is 0 Å². The van der Waals surface area contributed by atoms with Gasteiger partial charge in [-0.2, -0.15) is 0 Å². The number of aryl methyl sites for hydroxylation is 1. The summed E-state index contributed by atoms with van der Waals surface area (Å²) in [4.78, 5) is 24.8. The lowest BCUT2D eigenvalue weighted by Gasteiger charge is -2.25. The van der Waals surface area contributed by atoms with Gasteiger partial charge in [-0.25, -0.2) is 0 Å². The number of hydrogen-bond acceptors (Lipinski definition) is 4. The van der Waals surface area contributed by atoms with Crippen LogP contribution < -0.4 is 5.32 Å². The molecule has 2 rings (SSSR count). The maximum atomic E-state index is 12.0. The lowest BCUT2D eigenvalue weighted by atomic mass is 9.85. The summed E-state index contributed by atoms with van der Waals surface area (Å²) in [6.45, 7) is 3.87. The second-order valence-electron chi connectivity index (χ2n) is 4.67. The van der Waals surface area contributed by atoms with Gasteiger partial charge in [-0.05, 0) is 26.0 Å². The fourth-order valence-electron chi connectivity index (χ4n) is 1.87. The number of carbonyl (C=O) groups is 2. The Morgan fingerprint density at radius 3 is 2.83 bits per heavy atom. The van der Waals surface area contributed by atoms with Crippen molar-refractivity contribution in [2.45, 2.75) is 19.9 Å². The minimum absolute atomic E-state index is 0.122. The molecule has 2 atom stereocenters. The molecule has 2 unspecified atom stereocenters. The third-order valence-electron chi connectivity index (χ3n) is 3.21. The molecule has 18 heavy (non-hydrogen) atoms. The second-order valence-corrected chi connectivity index (χ2v) is 5.96. The number of thiophene rings is 1. The Morgan fingerprint density at radius 1 is 1.56 bits per heavy atom. The molecule has 1 fully saturated rings. The van der Waals surface area contributed by atoms with Gasteiger partial charge in [-0.15, -0.1) is 11.3 Å². The standard InChI is InChI=1S/C12H15NO4S/c1-7-3-4-8(18-7)10(14)13-9-5-17-6-12(9,2)11(15)16/h3-4,9H,5-6H2,1-2H3,(H,13,14)(H,15,16). The van der Waals surface area contributed by atoms with Crippen molar-refractivity contribution in [1.29, 1.82) is 0 Å². The quantitative estimate of drug-likeness (QED) is 0.866. The van der Waals surface area contributed by atoms with Gasteiger partial charge < -0.3 is 15.2 Å². The lowest BCUT2D eigenvalue weighted by Crippen LogP contribution is -2.49. The van der Waals surface area contributed by atoms with Crippen LogP contribution in [0, 0.1) is 12.3 Å². The molecule has 0 spiro atoms. The molecule has 1 aliphatic rings. The summed E-state index contributed by atoms with van der Waals surface area (Å²) in [6, 6.07) is 3.11. The number of amides is 1. The van der Waals surface area contributed by atoms with Crippen LogP contribution in [-0.4, -0.2) is 36.2 Å². The summed E-state index contributed by atoms with van der Waals surface area (Å²) < 4.78 is 5.18. The van der Waals surface area contributed by atoms with Crippen molar-refractivity contribution in [1.82, 2.24) is 5.32 Å². The fourth-order valence-corrected chi connectivity index (χ4v) is 2.64. The zero-order chi connectivity index (χ0) is 13.3. The largest absolute Gasteiger partial charge is 0.481 e. The van der Waals surface area contributed by atoms with Crippen molar-refractivity contribution in [3.8, 4) is 0 Å². The molecule has 0 bridgehead atoms. The number of hydrogen-bond donors (Lipinski definition) is 2. The number of rotatable bonds is 3. The molecule has 98 valence electrons.